The molecule has 0 aliphatic heterocycles. The van der Waals surface area contributed by atoms with Crippen LogP contribution in [-0.4, -0.2) is 9.85 Å². The third-order valence-electron chi connectivity index (χ3n) is 3.77. The van der Waals surface area contributed by atoms with Gasteiger partial charge in [-0.05, 0) is 30.0 Å². The van der Waals surface area contributed by atoms with Crippen molar-refractivity contribution < 1.29 is 9.85 Å². The van der Waals surface area contributed by atoms with Gasteiger partial charge in [-0.1, -0.05) is 66.7 Å². The lowest BCUT2D eigenvalue weighted by molar-refractivity contribution is -0.422. The monoisotopic (exact) mass is 350 g/mol. The van der Waals surface area contributed by atoms with Gasteiger partial charge in [0.25, 0.3) is 0 Å². The summed E-state index contributed by atoms with van der Waals surface area (Å²) in [6.07, 6.45) is 1.04. The van der Waals surface area contributed by atoms with E-state index in [0.717, 1.165) is 18.6 Å². The van der Waals surface area contributed by atoms with Gasteiger partial charge in [0.2, 0.25) is 0 Å². The van der Waals surface area contributed by atoms with Gasteiger partial charge in [-0.2, -0.15) is 0 Å². The van der Waals surface area contributed by atoms with Crippen LogP contribution in [0.3, 0.4) is 0 Å². The molecule has 3 aromatic carbocycles. The van der Waals surface area contributed by atoms with Crippen LogP contribution in [0.15, 0.2) is 78.9 Å². The van der Waals surface area contributed by atoms with Crippen LogP contribution >= 0.6 is 0 Å². The van der Waals surface area contributed by atoms with E-state index in [9.17, 15) is 20.2 Å². The summed E-state index contributed by atoms with van der Waals surface area (Å²) in [4.78, 5) is 18.9. The van der Waals surface area contributed by atoms with Gasteiger partial charge in [-0.3, -0.25) is 20.2 Å². The van der Waals surface area contributed by atoms with Gasteiger partial charge in [0.1, 0.15) is 0 Å². The standard InChI is InChI=1S/C14H14.C6H4N2O4/c1-12-7-5-6-10-14(12)11-13-8-3-2-4-9-13;9-7(10)5-3-1-2-4-6(5)8(11)12/h2-10H,11H2,1H3;1-4H. The first-order valence-corrected chi connectivity index (χ1v) is 7.95. The first-order valence-electron chi connectivity index (χ1n) is 7.95. The second-order valence-electron chi connectivity index (χ2n) is 5.59. The molecule has 3 rings (SSSR count). The minimum atomic E-state index is -0.780. The molecule has 26 heavy (non-hydrogen) atoms. The van der Waals surface area contributed by atoms with Crippen molar-refractivity contribution in [2.24, 2.45) is 0 Å². The zero-order valence-electron chi connectivity index (χ0n) is 14.2. The molecule has 0 heterocycles. The van der Waals surface area contributed by atoms with Gasteiger partial charge in [0, 0.05) is 12.1 Å². The summed E-state index contributed by atoms with van der Waals surface area (Å²) in [5.74, 6) is 0. The van der Waals surface area contributed by atoms with Crippen LogP contribution in [-0.2, 0) is 6.42 Å². The molecule has 0 aliphatic rings. The SMILES string of the molecule is Cc1ccccc1Cc1ccccc1.O=[N+]([O-])c1ccccc1[N+](=O)[O-]. The number of benzene rings is 3. The Kier molecular flexibility index (Phi) is 6.56. The minimum Gasteiger partial charge on any atom is -0.258 e. The van der Waals surface area contributed by atoms with Crippen molar-refractivity contribution in [3.63, 3.8) is 0 Å². The molecule has 0 saturated heterocycles. The van der Waals surface area contributed by atoms with Gasteiger partial charge in [-0.25, -0.2) is 0 Å². The summed E-state index contributed by atoms with van der Waals surface area (Å²) in [5.41, 5.74) is 3.20. The lowest BCUT2D eigenvalue weighted by Gasteiger charge is -2.04. The number of rotatable bonds is 4. The topological polar surface area (TPSA) is 86.3 Å². The molecular weight excluding hydrogens is 332 g/mol. The Morgan fingerprint density at radius 3 is 1.65 bits per heavy atom. The zero-order valence-corrected chi connectivity index (χ0v) is 14.2. The number of hydrogen-bond acceptors (Lipinski definition) is 4. The van der Waals surface area contributed by atoms with E-state index in [1.54, 1.807) is 0 Å². The first kappa shape index (κ1) is 18.8. The van der Waals surface area contributed by atoms with Crippen LogP contribution in [0.25, 0.3) is 0 Å². The molecule has 0 unspecified atom stereocenters. The van der Waals surface area contributed by atoms with Gasteiger partial charge in [-0.15, -0.1) is 0 Å². The number of nitro groups is 2. The Morgan fingerprint density at radius 1 is 0.692 bits per heavy atom. The van der Waals surface area contributed by atoms with Gasteiger partial charge in [0.15, 0.2) is 0 Å². The normalized spacial score (nSPS) is 9.73. The van der Waals surface area contributed by atoms with E-state index in [1.807, 2.05) is 0 Å². The largest absolute Gasteiger partial charge is 0.346 e. The highest BCUT2D eigenvalue weighted by Gasteiger charge is 2.21. The number of nitrogens with zero attached hydrogens (tertiary/aromatic N) is 2. The molecule has 6 nitrogen and oxygen atoms in total. The molecule has 0 N–H and O–H groups in total. The van der Waals surface area contributed by atoms with Crippen molar-refractivity contribution in [1.29, 1.82) is 0 Å². The molecule has 0 fully saturated rings. The summed E-state index contributed by atoms with van der Waals surface area (Å²) < 4.78 is 0. The maximum Gasteiger partial charge on any atom is 0.346 e. The van der Waals surface area contributed by atoms with E-state index in [-0.39, 0.29) is 0 Å². The fourth-order valence-corrected chi connectivity index (χ4v) is 2.40. The third kappa shape index (κ3) is 5.24. The fourth-order valence-electron chi connectivity index (χ4n) is 2.40. The molecule has 0 saturated carbocycles. The number of hydrogen-bond donors (Lipinski definition) is 0. The van der Waals surface area contributed by atoms with Crippen LogP contribution in [0.1, 0.15) is 16.7 Å². The molecule has 0 atom stereocenters. The van der Waals surface area contributed by atoms with Crippen molar-refractivity contribution in [2.45, 2.75) is 13.3 Å². The van der Waals surface area contributed by atoms with E-state index in [1.165, 1.54) is 28.8 Å². The molecule has 0 bridgehead atoms. The average Bonchev–Trinajstić information content (AvgIpc) is 2.65. The van der Waals surface area contributed by atoms with E-state index >= 15 is 0 Å². The van der Waals surface area contributed by atoms with Crippen LogP contribution in [0.2, 0.25) is 0 Å². The second kappa shape index (κ2) is 9.08. The van der Waals surface area contributed by atoms with Crippen LogP contribution in [0.4, 0.5) is 11.4 Å². The summed E-state index contributed by atoms with van der Waals surface area (Å²) >= 11 is 0. The van der Waals surface area contributed by atoms with Crippen molar-refractivity contribution in [3.05, 3.63) is 116 Å². The van der Waals surface area contributed by atoms with E-state index in [4.69, 9.17) is 0 Å². The Balaban J connectivity index is 0.000000190. The molecule has 6 heteroatoms. The maximum absolute atomic E-state index is 10.2. The van der Waals surface area contributed by atoms with Crippen molar-refractivity contribution in [3.8, 4) is 0 Å². The number of aryl methyl sites for hydroxylation is 1. The zero-order chi connectivity index (χ0) is 18.9. The van der Waals surface area contributed by atoms with Crippen LogP contribution in [0, 0.1) is 27.2 Å². The average molecular weight is 350 g/mol. The maximum atomic E-state index is 10.2. The third-order valence-corrected chi connectivity index (χ3v) is 3.77. The molecule has 0 spiro atoms. The van der Waals surface area contributed by atoms with Crippen molar-refractivity contribution >= 4 is 11.4 Å². The first-order chi connectivity index (χ1) is 12.5. The predicted octanol–water partition coefficient (Wildman–Crippen LogP) is 5.09. The van der Waals surface area contributed by atoms with Crippen molar-refractivity contribution in [2.75, 3.05) is 0 Å². The van der Waals surface area contributed by atoms with Crippen LogP contribution in [0.5, 0.6) is 0 Å². The molecule has 0 radical (unpaired) electrons. The molecule has 0 aliphatic carbocycles. The predicted molar refractivity (Wildman–Crippen MR) is 100 cm³/mol. The fraction of sp³-hybridized carbons (Fsp3) is 0.100. The smallest absolute Gasteiger partial charge is 0.258 e. The van der Waals surface area contributed by atoms with E-state index < -0.39 is 21.2 Å². The summed E-state index contributed by atoms with van der Waals surface area (Å²) in [6.45, 7) is 2.16. The summed E-state index contributed by atoms with van der Waals surface area (Å²) in [7, 11) is 0. The van der Waals surface area contributed by atoms with E-state index in [0.29, 0.717) is 0 Å². The highest BCUT2D eigenvalue weighted by Crippen LogP contribution is 2.24. The Bertz CT molecular complexity index is 862. The second-order valence-corrected chi connectivity index (χ2v) is 5.59. The van der Waals surface area contributed by atoms with Crippen LogP contribution < -0.4 is 0 Å². The molecule has 132 valence electrons. The van der Waals surface area contributed by atoms with Gasteiger partial charge >= 0.3 is 11.4 Å². The summed E-state index contributed by atoms with van der Waals surface area (Å²) in [6, 6.07) is 24.1. The summed E-state index contributed by atoms with van der Waals surface area (Å²) in [5, 5.41) is 20.5. The number of para-hydroxylation sites is 2. The molecular formula is C20H18N2O4. The molecule has 3 aromatic rings. The van der Waals surface area contributed by atoms with Gasteiger partial charge < -0.3 is 0 Å². The molecule has 0 aromatic heterocycles. The number of nitro benzene ring substituents is 2. The van der Waals surface area contributed by atoms with E-state index in [2.05, 4.69) is 61.5 Å². The Hall–Kier alpha value is -3.54. The minimum absolute atomic E-state index is 0.484. The molecule has 0 amide bonds. The highest BCUT2D eigenvalue weighted by atomic mass is 16.6. The van der Waals surface area contributed by atoms with Crippen molar-refractivity contribution in [1.82, 2.24) is 0 Å². The lowest BCUT2D eigenvalue weighted by atomic mass is 10.0. The Labute approximate surface area is 151 Å². The van der Waals surface area contributed by atoms with Gasteiger partial charge in [0.05, 0.1) is 9.85 Å². The quantitative estimate of drug-likeness (QED) is 0.484. The Morgan fingerprint density at radius 2 is 1.15 bits per heavy atom. The highest BCUT2D eigenvalue weighted by molar-refractivity contribution is 5.51. The lowest BCUT2D eigenvalue weighted by Crippen LogP contribution is -1.95.